The first-order valence-electron chi connectivity index (χ1n) is 5.80. The van der Waals surface area contributed by atoms with Crippen molar-refractivity contribution in [3.05, 3.63) is 0 Å². The van der Waals surface area contributed by atoms with Crippen molar-refractivity contribution in [2.75, 3.05) is 26.7 Å². The van der Waals surface area contributed by atoms with Crippen molar-refractivity contribution in [3.8, 4) is 0 Å². The van der Waals surface area contributed by atoms with Crippen LogP contribution < -0.4 is 0 Å². The zero-order valence-electron chi connectivity index (χ0n) is 10.7. The lowest BCUT2D eigenvalue weighted by Crippen LogP contribution is -2.57. The Hall–Kier alpha value is -0.570. The van der Waals surface area contributed by atoms with Gasteiger partial charge in [0, 0.05) is 39.6 Å². The van der Waals surface area contributed by atoms with E-state index in [0.717, 1.165) is 13.0 Å². The second-order valence-corrected chi connectivity index (χ2v) is 5.50. The summed E-state index contributed by atoms with van der Waals surface area (Å²) in [6, 6.07) is 0.656. The van der Waals surface area contributed by atoms with Gasteiger partial charge in [-0.15, -0.1) is 0 Å². The Morgan fingerprint density at radius 2 is 2.00 bits per heavy atom. The number of carbonyl (C=O) groups is 1. The van der Waals surface area contributed by atoms with Crippen molar-refractivity contribution in [2.24, 2.45) is 5.41 Å². The quantitative estimate of drug-likeness (QED) is 0.706. The summed E-state index contributed by atoms with van der Waals surface area (Å²) in [7, 11) is 1.88. The molecule has 1 saturated heterocycles. The summed E-state index contributed by atoms with van der Waals surface area (Å²) in [5, 5.41) is 0. The van der Waals surface area contributed by atoms with Crippen molar-refractivity contribution in [1.29, 1.82) is 0 Å². The fourth-order valence-electron chi connectivity index (χ4n) is 2.05. The van der Waals surface area contributed by atoms with Gasteiger partial charge in [-0.2, -0.15) is 0 Å². The average molecular weight is 212 g/mol. The number of likely N-dealkylation sites (tertiary alicyclic amines) is 1. The van der Waals surface area contributed by atoms with Crippen LogP contribution in [0.25, 0.3) is 0 Å². The van der Waals surface area contributed by atoms with Gasteiger partial charge in [0.2, 0.25) is 5.91 Å². The molecule has 1 aliphatic heterocycles. The maximum Gasteiger partial charge on any atom is 0.219 e. The number of amides is 1. The zero-order valence-corrected chi connectivity index (χ0v) is 10.7. The smallest absolute Gasteiger partial charge is 0.219 e. The first-order valence-corrected chi connectivity index (χ1v) is 5.80. The van der Waals surface area contributed by atoms with Crippen LogP contribution in [0.1, 0.15) is 34.1 Å². The fourth-order valence-corrected chi connectivity index (χ4v) is 2.05. The summed E-state index contributed by atoms with van der Waals surface area (Å²) in [5.74, 6) is 0.165. The Balaban J connectivity index is 2.26. The topological polar surface area (TPSA) is 23.6 Å². The van der Waals surface area contributed by atoms with Gasteiger partial charge in [-0.3, -0.25) is 9.69 Å². The molecule has 0 unspecified atom stereocenters. The summed E-state index contributed by atoms with van der Waals surface area (Å²) in [6.45, 7) is 11.7. The van der Waals surface area contributed by atoms with Crippen LogP contribution in [0.5, 0.6) is 0 Å². The van der Waals surface area contributed by atoms with Crippen molar-refractivity contribution in [1.82, 2.24) is 9.80 Å². The lowest BCUT2D eigenvalue weighted by Gasteiger charge is -2.51. The predicted molar refractivity (Wildman–Crippen MR) is 62.7 cm³/mol. The van der Waals surface area contributed by atoms with Gasteiger partial charge in [0.25, 0.3) is 0 Å². The Kier molecular flexibility index (Phi) is 3.77. The number of hydrogen-bond acceptors (Lipinski definition) is 2. The van der Waals surface area contributed by atoms with Gasteiger partial charge < -0.3 is 4.90 Å². The number of nitrogens with zero attached hydrogens (tertiary/aromatic N) is 2. The van der Waals surface area contributed by atoms with E-state index in [-0.39, 0.29) is 5.91 Å². The monoisotopic (exact) mass is 212 g/mol. The summed E-state index contributed by atoms with van der Waals surface area (Å²) in [5.41, 5.74) is 0.425. The molecular formula is C12H24N2O. The van der Waals surface area contributed by atoms with Crippen LogP contribution in [0.3, 0.4) is 0 Å². The molecule has 0 aromatic carbocycles. The van der Waals surface area contributed by atoms with Gasteiger partial charge in [-0.1, -0.05) is 6.92 Å². The molecule has 0 bridgehead atoms. The summed E-state index contributed by atoms with van der Waals surface area (Å²) in [4.78, 5) is 15.3. The molecule has 1 rings (SSSR count). The van der Waals surface area contributed by atoms with E-state index in [9.17, 15) is 4.79 Å². The standard InChI is InChI=1S/C12H24N2O/c1-10(2)14-8-12(4,9-14)6-7-13(5)11(3)15/h10H,6-9H2,1-5H3. The first kappa shape index (κ1) is 12.5. The third kappa shape index (κ3) is 3.20. The number of rotatable bonds is 4. The molecule has 1 aliphatic rings. The summed E-state index contributed by atoms with van der Waals surface area (Å²) < 4.78 is 0. The third-order valence-corrected chi connectivity index (χ3v) is 3.49. The van der Waals surface area contributed by atoms with E-state index in [1.165, 1.54) is 13.1 Å². The Bertz CT molecular complexity index is 232. The third-order valence-electron chi connectivity index (χ3n) is 3.49. The van der Waals surface area contributed by atoms with Crippen LogP contribution in [0.4, 0.5) is 0 Å². The highest BCUT2D eigenvalue weighted by Crippen LogP contribution is 2.34. The molecule has 0 N–H and O–H groups in total. The van der Waals surface area contributed by atoms with Crippen molar-refractivity contribution >= 4 is 5.91 Å². The second kappa shape index (κ2) is 4.52. The summed E-state index contributed by atoms with van der Waals surface area (Å²) in [6.07, 6.45) is 1.12. The number of hydrogen-bond donors (Lipinski definition) is 0. The van der Waals surface area contributed by atoms with Gasteiger partial charge in [-0.05, 0) is 25.7 Å². The highest BCUT2D eigenvalue weighted by atomic mass is 16.2. The molecule has 0 aliphatic carbocycles. The molecule has 1 amide bonds. The van der Waals surface area contributed by atoms with E-state index in [4.69, 9.17) is 0 Å². The van der Waals surface area contributed by atoms with E-state index < -0.39 is 0 Å². The average Bonchev–Trinajstić information content (AvgIpc) is 2.09. The predicted octanol–water partition coefficient (Wildman–Crippen LogP) is 1.59. The molecule has 88 valence electrons. The molecule has 0 spiro atoms. The molecule has 0 aromatic rings. The SMILES string of the molecule is CC(=O)N(C)CCC1(C)CN(C(C)C)C1. The van der Waals surface area contributed by atoms with Gasteiger partial charge in [0.1, 0.15) is 0 Å². The van der Waals surface area contributed by atoms with Crippen LogP contribution >= 0.6 is 0 Å². The van der Waals surface area contributed by atoms with Crippen LogP contribution in [0.2, 0.25) is 0 Å². The fraction of sp³-hybridized carbons (Fsp3) is 0.917. The van der Waals surface area contributed by atoms with E-state index in [1.807, 2.05) is 11.9 Å². The summed E-state index contributed by atoms with van der Waals surface area (Å²) >= 11 is 0. The van der Waals surface area contributed by atoms with Crippen LogP contribution in [-0.2, 0) is 4.79 Å². The van der Waals surface area contributed by atoms with E-state index >= 15 is 0 Å². The normalized spacial score (nSPS) is 20.1. The van der Waals surface area contributed by atoms with E-state index in [2.05, 4.69) is 25.7 Å². The molecule has 15 heavy (non-hydrogen) atoms. The molecule has 0 saturated carbocycles. The Labute approximate surface area is 93.4 Å². The van der Waals surface area contributed by atoms with Gasteiger partial charge in [-0.25, -0.2) is 0 Å². The van der Waals surface area contributed by atoms with Gasteiger partial charge in [0.15, 0.2) is 0 Å². The molecule has 3 nitrogen and oxygen atoms in total. The minimum absolute atomic E-state index is 0.165. The lowest BCUT2D eigenvalue weighted by molar-refractivity contribution is -0.128. The lowest BCUT2D eigenvalue weighted by atomic mass is 9.78. The van der Waals surface area contributed by atoms with Crippen LogP contribution in [0.15, 0.2) is 0 Å². The molecular weight excluding hydrogens is 188 g/mol. The molecule has 0 radical (unpaired) electrons. The largest absolute Gasteiger partial charge is 0.346 e. The highest BCUT2D eigenvalue weighted by molar-refractivity contribution is 5.72. The van der Waals surface area contributed by atoms with E-state index in [0.29, 0.717) is 11.5 Å². The second-order valence-electron chi connectivity index (χ2n) is 5.50. The molecule has 0 aromatic heterocycles. The maximum atomic E-state index is 11.1. The molecule has 3 heteroatoms. The van der Waals surface area contributed by atoms with Crippen LogP contribution in [-0.4, -0.2) is 48.4 Å². The van der Waals surface area contributed by atoms with E-state index in [1.54, 1.807) is 6.92 Å². The molecule has 1 heterocycles. The van der Waals surface area contributed by atoms with Crippen molar-refractivity contribution in [2.45, 2.75) is 40.2 Å². The maximum absolute atomic E-state index is 11.1. The molecule has 0 atom stereocenters. The minimum Gasteiger partial charge on any atom is -0.346 e. The minimum atomic E-state index is 0.165. The van der Waals surface area contributed by atoms with Crippen molar-refractivity contribution in [3.63, 3.8) is 0 Å². The molecule has 1 fully saturated rings. The van der Waals surface area contributed by atoms with Gasteiger partial charge in [0.05, 0.1) is 0 Å². The highest BCUT2D eigenvalue weighted by Gasteiger charge is 2.39. The van der Waals surface area contributed by atoms with Crippen LogP contribution in [0, 0.1) is 5.41 Å². The number of carbonyl (C=O) groups excluding carboxylic acids is 1. The van der Waals surface area contributed by atoms with Gasteiger partial charge >= 0.3 is 0 Å². The zero-order chi connectivity index (χ0) is 11.6. The Morgan fingerprint density at radius 1 is 1.47 bits per heavy atom. The Morgan fingerprint density at radius 3 is 2.40 bits per heavy atom. The first-order chi connectivity index (χ1) is 6.84. The van der Waals surface area contributed by atoms with Crippen molar-refractivity contribution < 1.29 is 4.79 Å².